The molecule has 3 aromatic rings. The number of nitrogens with zero attached hydrogens (tertiary/aromatic N) is 2. The summed E-state index contributed by atoms with van der Waals surface area (Å²) in [6.07, 6.45) is 6.32. The van der Waals surface area contributed by atoms with Crippen molar-refractivity contribution in [2.45, 2.75) is 25.2 Å². The molecule has 5 nitrogen and oxygen atoms in total. The number of rotatable bonds is 4. The summed E-state index contributed by atoms with van der Waals surface area (Å²) >= 11 is 0. The number of fused-ring (bicyclic) bond motifs is 1. The van der Waals surface area contributed by atoms with Crippen molar-refractivity contribution >= 4 is 16.9 Å². The second-order valence-corrected chi connectivity index (χ2v) is 6.77. The highest BCUT2D eigenvalue weighted by Crippen LogP contribution is 2.32. The van der Waals surface area contributed by atoms with Gasteiger partial charge in [-0.2, -0.15) is 0 Å². The summed E-state index contributed by atoms with van der Waals surface area (Å²) in [5, 5.41) is 3.40. The first-order valence-electron chi connectivity index (χ1n) is 9.09. The van der Waals surface area contributed by atoms with Gasteiger partial charge in [-0.05, 0) is 67.2 Å². The molecule has 3 heterocycles. The summed E-state index contributed by atoms with van der Waals surface area (Å²) in [5.74, 6) is 1.28. The van der Waals surface area contributed by atoms with E-state index in [4.69, 9.17) is 4.74 Å². The summed E-state index contributed by atoms with van der Waals surface area (Å²) in [4.78, 5) is 17.6. The molecule has 0 amide bonds. The third-order valence-corrected chi connectivity index (χ3v) is 5.12. The predicted molar refractivity (Wildman–Crippen MR) is 102 cm³/mol. The molecule has 0 atom stereocenters. The first-order valence-corrected chi connectivity index (χ1v) is 9.09. The molecule has 1 N–H and O–H groups in total. The molecule has 4 rings (SSSR count). The average molecular weight is 349 g/mol. The number of pyridine rings is 1. The van der Waals surface area contributed by atoms with Crippen molar-refractivity contribution in [3.8, 4) is 5.75 Å². The Hall–Kier alpha value is -2.66. The van der Waals surface area contributed by atoms with Crippen LogP contribution in [0.1, 0.15) is 34.7 Å². The van der Waals surface area contributed by atoms with E-state index in [-0.39, 0.29) is 5.91 Å². The summed E-state index contributed by atoms with van der Waals surface area (Å²) in [5.41, 5.74) is 4.00. The standard InChI is InChI=1S/C21H23N3O2/c1-26-17-5-2-4-15(12-17)13-20(25)24-14-18(16-7-10-22-11-8-16)21-19(24)6-3-9-23-21/h2-6,9,12,14,16,22H,7-8,10-11,13H2,1H3. The van der Waals surface area contributed by atoms with Crippen molar-refractivity contribution in [3.63, 3.8) is 0 Å². The van der Waals surface area contributed by atoms with E-state index in [1.165, 1.54) is 5.56 Å². The zero-order chi connectivity index (χ0) is 17.9. The molecule has 1 aromatic carbocycles. The largest absolute Gasteiger partial charge is 0.497 e. The van der Waals surface area contributed by atoms with Gasteiger partial charge in [0.25, 0.3) is 0 Å². The maximum atomic E-state index is 13.0. The van der Waals surface area contributed by atoms with E-state index in [0.29, 0.717) is 12.3 Å². The molecule has 2 aromatic heterocycles. The van der Waals surface area contributed by atoms with Crippen LogP contribution in [-0.2, 0) is 6.42 Å². The lowest BCUT2D eigenvalue weighted by Crippen LogP contribution is -2.26. The first-order chi connectivity index (χ1) is 12.8. The number of methoxy groups -OCH3 is 1. The predicted octanol–water partition coefficient (Wildman–Crippen LogP) is 3.39. The number of piperidine rings is 1. The Kier molecular flexibility index (Phi) is 4.71. The van der Waals surface area contributed by atoms with Gasteiger partial charge in [0.05, 0.1) is 24.6 Å². The van der Waals surface area contributed by atoms with Gasteiger partial charge in [0.2, 0.25) is 5.91 Å². The van der Waals surface area contributed by atoms with Crippen LogP contribution in [0.3, 0.4) is 0 Å². The van der Waals surface area contributed by atoms with E-state index in [9.17, 15) is 4.79 Å². The van der Waals surface area contributed by atoms with Crippen molar-refractivity contribution in [2.75, 3.05) is 20.2 Å². The van der Waals surface area contributed by atoms with E-state index in [1.54, 1.807) is 11.7 Å². The average Bonchev–Trinajstić information content (AvgIpc) is 3.09. The second kappa shape index (κ2) is 7.30. The van der Waals surface area contributed by atoms with Crippen LogP contribution >= 0.6 is 0 Å². The highest BCUT2D eigenvalue weighted by Gasteiger charge is 2.22. The number of hydrogen-bond donors (Lipinski definition) is 1. The number of hydrogen-bond acceptors (Lipinski definition) is 4. The first kappa shape index (κ1) is 16.8. The van der Waals surface area contributed by atoms with E-state index in [2.05, 4.69) is 10.3 Å². The van der Waals surface area contributed by atoms with Gasteiger partial charge in [-0.25, -0.2) is 0 Å². The lowest BCUT2D eigenvalue weighted by atomic mass is 9.91. The number of benzene rings is 1. The Bertz CT molecular complexity index is 926. The quantitative estimate of drug-likeness (QED) is 0.784. The van der Waals surface area contributed by atoms with Crippen LogP contribution in [-0.4, -0.2) is 35.7 Å². The molecule has 26 heavy (non-hydrogen) atoms. The van der Waals surface area contributed by atoms with Crippen LogP contribution in [0.15, 0.2) is 48.8 Å². The molecule has 0 spiro atoms. The van der Waals surface area contributed by atoms with Crippen LogP contribution in [0.4, 0.5) is 0 Å². The zero-order valence-electron chi connectivity index (χ0n) is 14.9. The highest BCUT2D eigenvalue weighted by atomic mass is 16.5. The Labute approximate surface area is 153 Å². The van der Waals surface area contributed by atoms with Crippen molar-refractivity contribution in [3.05, 3.63) is 59.9 Å². The Morgan fingerprint density at radius 1 is 1.27 bits per heavy atom. The number of nitrogens with one attached hydrogen (secondary N) is 1. The van der Waals surface area contributed by atoms with Gasteiger partial charge in [0.15, 0.2) is 0 Å². The van der Waals surface area contributed by atoms with Gasteiger partial charge in [-0.3, -0.25) is 14.3 Å². The summed E-state index contributed by atoms with van der Waals surface area (Å²) in [7, 11) is 1.64. The topological polar surface area (TPSA) is 56.1 Å². The smallest absolute Gasteiger partial charge is 0.235 e. The third kappa shape index (κ3) is 3.22. The molecule has 0 unspecified atom stereocenters. The fraction of sp³-hybridized carbons (Fsp3) is 0.333. The van der Waals surface area contributed by atoms with Crippen LogP contribution in [0.25, 0.3) is 11.0 Å². The van der Waals surface area contributed by atoms with Gasteiger partial charge in [0.1, 0.15) is 5.75 Å². The van der Waals surface area contributed by atoms with Crippen molar-refractivity contribution in [2.24, 2.45) is 0 Å². The fourth-order valence-corrected chi connectivity index (χ4v) is 3.76. The summed E-state index contributed by atoms with van der Waals surface area (Å²) in [6, 6.07) is 11.5. The van der Waals surface area contributed by atoms with Gasteiger partial charge < -0.3 is 10.1 Å². The molecular formula is C21H23N3O2. The number of carbonyl (C=O) groups excluding carboxylic acids is 1. The van der Waals surface area contributed by atoms with Crippen molar-refractivity contribution < 1.29 is 9.53 Å². The number of aromatic nitrogens is 2. The monoisotopic (exact) mass is 349 g/mol. The van der Waals surface area contributed by atoms with Crippen molar-refractivity contribution in [1.82, 2.24) is 14.9 Å². The molecule has 1 saturated heterocycles. The Morgan fingerprint density at radius 3 is 2.92 bits per heavy atom. The lowest BCUT2D eigenvalue weighted by Gasteiger charge is -2.21. The van der Waals surface area contributed by atoms with Gasteiger partial charge in [-0.1, -0.05) is 12.1 Å². The zero-order valence-corrected chi connectivity index (χ0v) is 14.9. The molecule has 0 bridgehead atoms. The Morgan fingerprint density at radius 2 is 2.12 bits per heavy atom. The van der Waals surface area contributed by atoms with Crippen LogP contribution in [0.2, 0.25) is 0 Å². The molecule has 1 fully saturated rings. The van der Waals surface area contributed by atoms with E-state index >= 15 is 0 Å². The van der Waals surface area contributed by atoms with Crippen molar-refractivity contribution in [1.29, 1.82) is 0 Å². The van der Waals surface area contributed by atoms with Crippen LogP contribution < -0.4 is 10.1 Å². The minimum absolute atomic E-state index is 0.0523. The molecule has 1 aliphatic heterocycles. The van der Waals surface area contributed by atoms with Gasteiger partial charge in [-0.15, -0.1) is 0 Å². The maximum absolute atomic E-state index is 13.0. The van der Waals surface area contributed by atoms with E-state index < -0.39 is 0 Å². The van der Waals surface area contributed by atoms with E-state index in [1.807, 2.05) is 48.8 Å². The molecular weight excluding hydrogens is 326 g/mol. The Balaban J connectivity index is 1.68. The third-order valence-electron chi connectivity index (χ3n) is 5.12. The molecule has 1 aliphatic rings. The highest BCUT2D eigenvalue weighted by molar-refractivity contribution is 5.93. The minimum Gasteiger partial charge on any atom is -0.497 e. The summed E-state index contributed by atoms with van der Waals surface area (Å²) in [6.45, 7) is 2.03. The normalized spacial score (nSPS) is 15.3. The molecule has 0 aliphatic carbocycles. The second-order valence-electron chi connectivity index (χ2n) is 6.77. The van der Waals surface area contributed by atoms with E-state index in [0.717, 1.165) is 48.3 Å². The van der Waals surface area contributed by atoms with Gasteiger partial charge >= 0.3 is 0 Å². The van der Waals surface area contributed by atoms with Gasteiger partial charge in [0, 0.05) is 12.4 Å². The summed E-state index contributed by atoms with van der Waals surface area (Å²) < 4.78 is 7.04. The molecule has 134 valence electrons. The lowest BCUT2D eigenvalue weighted by molar-refractivity contribution is 0.0919. The molecule has 0 saturated carbocycles. The van der Waals surface area contributed by atoms with Crippen LogP contribution in [0.5, 0.6) is 5.75 Å². The number of carbonyl (C=O) groups is 1. The maximum Gasteiger partial charge on any atom is 0.235 e. The fourth-order valence-electron chi connectivity index (χ4n) is 3.76. The molecule has 5 heteroatoms. The minimum atomic E-state index is 0.0523. The number of ether oxygens (including phenoxy) is 1. The molecule has 0 radical (unpaired) electrons. The SMILES string of the molecule is COc1cccc(CC(=O)n2cc(C3CCNCC3)c3ncccc32)c1. The van der Waals surface area contributed by atoms with Crippen LogP contribution in [0, 0.1) is 0 Å².